The molecule has 0 aromatic rings. The molecule has 5 nitrogen and oxygen atoms in total. The fraction of sp³-hybridized carbons (Fsp3) is 0.889. The Kier molecular flexibility index (Phi) is 5.16. The molecule has 1 heterocycles. The molecule has 100 valence electrons. The van der Waals surface area contributed by atoms with Gasteiger partial charge in [-0.05, 0) is 7.05 Å². The van der Waals surface area contributed by atoms with Gasteiger partial charge < -0.3 is 9.47 Å². The zero-order chi connectivity index (χ0) is 12.9. The van der Waals surface area contributed by atoms with Gasteiger partial charge in [0.2, 0.25) is 0 Å². The van der Waals surface area contributed by atoms with Crippen LogP contribution in [0.2, 0.25) is 0 Å². The predicted octanol–water partition coefficient (Wildman–Crippen LogP) is -0.0304. The number of likely N-dealkylation sites (N-methyl/N-ethyl adjacent to an activating group) is 1. The first kappa shape index (κ1) is 14.2. The molecule has 0 bridgehead atoms. The summed E-state index contributed by atoms with van der Waals surface area (Å²) in [4.78, 5) is 12.5. The van der Waals surface area contributed by atoms with Crippen molar-refractivity contribution in [1.29, 1.82) is 0 Å². The smallest absolute Gasteiger partial charge is 0.439 e. The Morgan fingerprint density at radius 2 is 2.06 bits per heavy atom. The molecule has 0 spiro atoms. The highest BCUT2D eigenvalue weighted by Gasteiger charge is 2.42. The summed E-state index contributed by atoms with van der Waals surface area (Å²) in [6.45, 7) is 2.50. The average Bonchev–Trinajstić information content (AvgIpc) is 2.28. The Morgan fingerprint density at radius 1 is 1.47 bits per heavy atom. The third-order valence-electron chi connectivity index (χ3n) is 2.33. The SMILES string of the molecule is CNC(CN1CCOCC1)OC(=O)C(F)(F)F. The van der Waals surface area contributed by atoms with E-state index < -0.39 is 18.4 Å². The van der Waals surface area contributed by atoms with Gasteiger partial charge in [-0.2, -0.15) is 13.2 Å². The maximum absolute atomic E-state index is 12.0. The molecule has 1 aliphatic rings. The zero-order valence-corrected chi connectivity index (χ0v) is 9.42. The Balaban J connectivity index is 2.40. The highest BCUT2D eigenvalue weighted by atomic mass is 19.4. The first-order chi connectivity index (χ1) is 7.93. The Morgan fingerprint density at radius 3 is 2.53 bits per heavy atom. The van der Waals surface area contributed by atoms with Crippen molar-refractivity contribution >= 4 is 5.97 Å². The van der Waals surface area contributed by atoms with Crippen LogP contribution in [-0.4, -0.2) is 63.2 Å². The molecule has 1 unspecified atom stereocenters. The molecule has 1 aliphatic heterocycles. The number of carbonyl (C=O) groups is 1. The van der Waals surface area contributed by atoms with E-state index in [9.17, 15) is 18.0 Å². The standard InChI is InChI=1S/C9H15F3N2O3/c1-13-7(17-8(15)9(10,11)12)6-14-2-4-16-5-3-14/h7,13H,2-6H2,1H3. The lowest BCUT2D eigenvalue weighted by Crippen LogP contribution is -2.47. The van der Waals surface area contributed by atoms with E-state index in [4.69, 9.17) is 4.74 Å². The van der Waals surface area contributed by atoms with Gasteiger partial charge in [0.1, 0.15) is 0 Å². The number of esters is 1. The highest BCUT2D eigenvalue weighted by molar-refractivity contribution is 5.75. The lowest BCUT2D eigenvalue weighted by molar-refractivity contribution is -0.207. The van der Waals surface area contributed by atoms with Gasteiger partial charge in [0.15, 0.2) is 6.23 Å². The van der Waals surface area contributed by atoms with Crippen molar-refractivity contribution in [2.24, 2.45) is 0 Å². The summed E-state index contributed by atoms with van der Waals surface area (Å²) in [5.41, 5.74) is 0. The maximum Gasteiger partial charge on any atom is 0.490 e. The summed E-state index contributed by atoms with van der Waals surface area (Å²) in [6, 6.07) is 0. The van der Waals surface area contributed by atoms with Crippen LogP contribution >= 0.6 is 0 Å². The molecule has 0 aromatic heterocycles. The second kappa shape index (κ2) is 6.18. The number of halogens is 3. The molecule has 8 heteroatoms. The molecule has 0 radical (unpaired) electrons. The largest absolute Gasteiger partial charge is 0.490 e. The van der Waals surface area contributed by atoms with Gasteiger partial charge in [0.25, 0.3) is 0 Å². The van der Waals surface area contributed by atoms with Crippen LogP contribution in [0.3, 0.4) is 0 Å². The molecule has 0 aliphatic carbocycles. The van der Waals surface area contributed by atoms with Crippen LogP contribution in [0.5, 0.6) is 0 Å². The van der Waals surface area contributed by atoms with E-state index in [1.165, 1.54) is 7.05 Å². The van der Waals surface area contributed by atoms with Gasteiger partial charge in [-0.3, -0.25) is 10.2 Å². The van der Waals surface area contributed by atoms with E-state index in [1.807, 2.05) is 4.90 Å². The topological polar surface area (TPSA) is 50.8 Å². The van der Waals surface area contributed by atoms with Gasteiger partial charge in [-0.15, -0.1) is 0 Å². The quantitative estimate of drug-likeness (QED) is 0.565. The molecular weight excluding hydrogens is 241 g/mol. The number of hydrogen-bond donors (Lipinski definition) is 1. The number of alkyl halides is 3. The number of hydrogen-bond acceptors (Lipinski definition) is 5. The highest BCUT2D eigenvalue weighted by Crippen LogP contribution is 2.17. The van der Waals surface area contributed by atoms with Crippen molar-refractivity contribution in [2.75, 3.05) is 39.9 Å². The van der Waals surface area contributed by atoms with Gasteiger partial charge >= 0.3 is 12.1 Å². The predicted molar refractivity (Wildman–Crippen MR) is 52.3 cm³/mol. The first-order valence-electron chi connectivity index (χ1n) is 5.18. The number of rotatable bonds is 4. The van der Waals surface area contributed by atoms with E-state index in [2.05, 4.69) is 10.1 Å². The van der Waals surface area contributed by atoms with Gasteiger partial charge in [-0.25, -0.2) is 4.79 Å². The monoisotopic (exact) mass is 256 g/mol. The Labute approximate surface area is 96.8 Å². The van der Waals surface area contributed by atoms with Gasteiger partial charge in [0.05, 0.1) is 13.2 Å². The number of ether oxygens (including phenoxy) is 2. The van der Waals surface area contributed by atoms with E-state index in [-0.39, 0.29) is 6.54 Å². The lowest BCUT2D eigenvalue weighted by Gasteiger charge is -2.30. The van der Waals surface area contributed by atoms with Gasteiger partial charge in [0, 0.05) is 19.6 Å². The summed E-state index contributed by atoms with van der Waals surface area (Å²) in [5, 5.41) is 2.53. The summed E-state index contributed by atoms with van der Waals surface area (Å²) < 4.78 is 45.4. The lowest BCUT2D eigenvalue weighted by atomic mass is 10.4. The van der Waals surface area contributed by atoms with Crippen molar-refractivity contribution in [3.63, 3.8) is 0 Å². The summed E-state index contributed by atoms with van der Waals surface area (Å²) in [6.07, 6.45) is -5.93. The summed E-state index contributed by atoms with van der Waals surface area (Å²) in [7, 11) is 1.44. The molecular formula is C9H15F3N2O3. The van der Waals surface area contributed by atoms with Crippen LogP contribution < -0.4 is 5.32 Å². The van der Waals surface area contributed by atoms with Crippen LogP contribution in [-0.2, 0) is 14.3 Å². The maximum atomic E-state index is 12.0. The molecule has 0 saturated carbocycles. The van der Waals surface area contributed by atoms with Crippen molar-refractivity contribution in [1.82, 2.24) is 10.2 Å². The zero-order valence-electron chi connectivity index (χ0n) is 9.42. The van der Waals surface area contributed by atoms with E-state index >= 15 is 0 Å². The average molecular weight is 256 g/mol. The van der Waals surface area contributed by atoms with Crippen molar-refractivity contribution in [2.45, 2.75) is 12.4 Å². The molecule has 0 amide bonds. The van der Waals surface area contributed by atoms with Crippen molar-refractivity contribution < 1.29 is 27.4 Å². The third-order valence-corrected chi connectivity index (χ3v) is 2.33. The van der Waals surface area contributed by atoms with Crippen molar-refractivity contribution in [3.05, 3.63) is 0 Å². The molecule has 1 N–H and O–H groups in total. The number of carbonyl (C=O) groups excluding carboxylic acids is 1. The van der Waals surface area contributed by atoms with E-state index in [1.54, 1.807) is 0 Å². The fourth-order valence-corrected chi connectivity index (χ4v) is 1.40. The summed E-state index contributed by atoms with van der Waals surface area (Å²) >= 11 is 0. The van der Waals surface area contributed by atoms with E-state index in [0.29, 0.717) is 26.3 Å². The number of morpholine rings is 1. The molecule has 1 saturated heterocycles. The van der Waals surface area contributed by atoms with Crippen LogP contribution in [0, 0.1) is 0 Å². The number of nitrogens with one attached hydrogen (secondary N) is 1. The second-order valence-electron chi connectivity index (χ2n) is 3.59. The Hall–Kier alpha value is -0.860. The normalized spacial score (nSPS) is 20.0. The minimum absolute atomic E-state index is 0.210. The minimum Gasteiger partial charge on any atom is -0.439 e. The second-order valence-corrected chi connectivity index (χ2v) is 3.59. The molecule has 0 aromatic carbocycles. The minimum atomic E-state index is -4.96. The molecule has 17 heavy (non-hydrogen) atoms. The third kappa shape index (κ3) is 4.88. The first-order valence-corrected chi connectivity index (χ1v) is 5.18. The molecule has 1 rings (SSSR count). The Bertz CT molecular complexity index is 254. The van der Waals surface area contributed by atoms with E-state index in [0.717, 1.165) is 0 Å². The number of nitrogens with zero attached hydrogens (tertiary/aromatic N) is 1. The van der Waals surface area contributed by atoms with Crippen LogP contribution in [0.25, 0.3) is 0 Å². The van der Waals surface area contributed by atoms with Crippen LogP contribution in [0.4, 0.5) is 13.2 Å². The van der Waals surface area contributed by atoms with Crippen LogP contribution in [0.15, 0.2) is 0 Å². The molecule has 1 atom stereocenters. The van der Waals surface area contributed by atoms with Crippen LogP contribution in [0.1, 0.15) is 0 Å². The van der Waals surface area contributed by atoms with Crippen molar-refractivity contribution in [3.8, 4) is 0 Å². The van der Waals surface area contributed by atoms with Gasteiger partial charge in [-0.1, -0.05) is 0 Å². The fourth-order valence-electron chi connectivity index (χ4n) is 1.40. The molecule has 1 fully saturated rings. The summed E-state index contributed by atoms with van der Waals surface area (Å²) in [5.74, 6) is -2.18.